The van der Waals surface area contributed by atoms with E-state index in [0.29, 0.717) is 11.8 Å². The Bertz CT molecular complexity index is 530. The molecule has 0 aromatic heterocycles. The Morgan fingerprint density at radius 2 is 2.10 bits per heavy atom. The first-order valence-corrected chi connectivity index (χ1v) is 7.90. The third-order valence-corrected chi connectivity index (χ3v) is 4.95. The third-order valence-electron chi connectivity index (χ3n) is 3.61. The predicted molar refractivity (Wildman–Crippen MR) is 84.8 cm³/mol. The molecule has 1 aliphatic rings. The van der Waals surface area contributed by atoms with E-state index < -0.39 is 0 Å². The molecule has 1 heterocycles. The molecule has 1 aromatic rings. The lowest BCUT2D eigenvalue weighted by molar-refractivity contribution is 0.0698. The Hall–Kier alpha value is -1.44. The number of amides is 1. The van der Waals surface area contributed by atoms with Crippen molar-refractivity contribution in [2.45, 2.75) is 25.1 Å². The molecule has 2 atom stereocenters. The smallest absolute Gasteiger partial charge is 0.254 e. The molecular formula is C16H20N2OS. The van der Waals surface area contributed by atoms with E-state index in [4.69, 9.17) is 5.73 Å². The molecule has 1 amide bonds. The van der Waals surface area contributed by atoms with Gasteiger partial charge in [0.1, 0.15) is 0 Å². The summed E-state index contributed by atoms with van der Waals surface area (Å²) >= 11 is 1.93. The molecule has 0 aliphatic carbocycles. The molecule has 2 rings (SSSR count). The molecule has 0 spiro atoms. The summed E-state index contributed by atoms with van der Waals surface area (Å²) in [5, 5.41) is 0.488. The Labute approximate surface area is 124 Å². The molecule has 2 N–H and O–H groups in total. The molecular weight excluding hydrogens is 268 g/mol. The second-order valence-corrected chi connectivity index (χ2v) is 6.38. The van der Waals surface area contributed by atoms with Gasteiger partial charge in [-0.25, -0.2) is 0 Å². The van der Waals surface area contributed by atoms with E-state index in [1.807, 2.05) is 40.9 Å². The van der Waals surface area contributed by atoms with Crippen LogP contribution in [0.2, 0.25) is 0 Å². The minimum absolute atomic E-state index is 0.114. The highest BCUT2D eigenvalue weighted by Crippen LogP contribution is 2.25. The number of rotatable bonds is 1. The zero-order chi connectivity index (χ0) is 14.5. The number of carbonyl (C=O) groups excluding carboxylic acids is 1. The fourth-order valence-corrected chi connectivity index (χ4v) is 3.33. The topological polar surface area (TPSA) is 46.3 Å². The fourth-order valence-electron chi connectivity index (χ4n) is 2.23. The highest BCUT2D eigenvalue weighted by atomic mass is 32.2. The zero-order valence-electron chi connectivity index (χ0n) is 11.9. The first-order valence-electron chi connectivity index (χ1n) is 6.85. The molecule has 3 nitrogen and oxygen atoms in total. The normalized spacial score (nSPS) is 22.1. The van der Waals surface area contributed by atoms with Gasteiger partial charge in [-0.15, -0.1) is 0 Å². The van der Waals surface area contributed by atoms with Crippen LogP contribution in [0, 0.1) is 11.8 Å². The third kappa shape index (κ3) is 3.36. The van der Waals surface area contributed by atoms with Crippen LogP contribution in [0.15, 0.2) is 24.3 Å². The van der Waals surface area contributed by atoms with Crippen LogP contribution >= 0.6 is 11.8 Å². The number of carbonyl (C=O) groups is 1. The monoisotopic (exact) mass is 288 g/mol. The highest BCUT2D eigenvalue weighted by molar-refractivity contribution is 8.00. The summed E-state index contributed by atoms with van der Waals surface area (Å²) in [4.78, 5) is 14.5. The molecule has 106 valence electrons. The van der Waals surface area contributed by atoms with Gasteiger partial charge in [0.15, 0.2) is 0 Å². The lowest BCUT2D eigenvalue weighted by Gasteiger charge is -2.37. The molecule has 0 saturated carbocycles. The van der Waals surface area contributed by atoms with Crippen molar-refractivity contribution in [2.24, 2.45) is 5.73 Å². The predicted octanol–water partition coefficient (Wildman–Crippen LogP) is 1.96. The van der Waals surface area contributed by atoms with Crippen molar-refractivity contribution in [1.82, 2.24) is 4.90 Å². The van der Waals surface area contributed by atoms with Gasteiger partial charge in [-0.2, -0.15) is 11.8 Å². The van der Waals surface area contributed by atoms with Crippen molar-refractivity contribution in [2.75, 3.05) is 18.8 Å². The van der Waals surface area contributed by atoms with Crippen LogP contribution in [-0.2, 0) is 0 Å². The number of hydrogen-bond acceptors (Lipinski definition) is 3. The van der Waals surface area contributed by atoms with Gasteiger partial charge < -0.3 is 10.6 Å². The SMILES string of the molecule is CC1SCCN(C(=O)c2ccc(C#CCN)cc2)C1C. The van der Waals surface area contributed by atoms with Crippen LogP contribution in [0.5, 0.6) is 0 Å². The maximum absolute atomic E-state index is 12.5. The lowest BCUT2D eigenvalue weighted by Crippen LogP contribution is -2.47. The number of benzene rings is 1. The summed E-state index contributed by atoms with van der Waals surface area (Å²) in [5.74, 6) is 6.90. The standard InChI is InChI=1S/C16H20N2OS/c1-12-13(2)20-11-10-18(12)16(19)15-7-5-14(6-8-15)4-3-9-17/h5-8,12-13H,9-11,17H2,1-2H3. The largest absolute Gasteiger partial charge is 0.334 e. The Morgan fingerprint density at radius 1 is 1.40 bits per heavy atom. The lowest BCUT2D eigenvalue weighted by atomic mass is 10.1. The summed E-state index contributed by atoms with van der Waals surface area (Å²) in [6, 6.07) is 7.73. The molecule has 2 unspecified atom stereocenters. The maximum Gasteiger partial charge on any atom is 0.254 e. The van der Waals surface area contributed by atoms with E-state index in [1.54, 1.807) is 0 Å². The van der Waals surface area contributed by atoms with Crippen LogP contribution < -0.4 is 5.73 Å². The molecule has 20 heavy (non-hydrogen) atoms. The minimum Gasteiger partial charge on any atom is -0.334 e. The summed E-state index contributed by atoms with van der Waals surface area (Å²) in [6.45, 7) is 5.47. The van der Waals surface area contributed by atoms with Gasteiger partial charge in [0.05, 0.1) is 6.54 Å². The van der Waals surface area contributed by atoms with Crippen LogP contribution in [-0.4, -0.2) is 40.9 Å². The van der Waals surface area contributed by atoms with Crippen molar-refractivity contribution in [1.29, 1.82) is 0 Å². The highest BCUT2D eigenvalue weighted by Gasteiger charge is 2.29. The molecule has 0 radical (unpaired) electrons. The van der Waals surface area contributed by atoms with Gasteiger partial charge in [0, 0.05) is 34.7 Å². The summed E-state index contributed by atoms with van der Waals surface area (Å²) < 4.78 is 0. The van der Waals surface area contributed by atoms with E-state index in [9.17, 15) is 4.79 Å². The molecule has 1 fully saturated rings. The summed E-state index contributed by atoms with van der Waals surface area (Å²) in [5.41, 5.74) is 6.97. The average Bonchev–Trinajstić information content (AvgIpc) is 2.48. The second kappa shape index (κ2) is 6.83. The van der Waals surface area contributed by atoms with E-state index in [-0.39, 0.29) is 11.9 Å². The van der Waals surface area contributed by atoms with E-state index in [0.717, 1.165) is 23.4 Å². The Balaban J connectivity index is 2.12. The second-order valence-electron chi connectivity index (χ2n) is 4.90. The number of nitrogens with two attached hydrogens (primary N) is 1. The number of hydrogen-bond donors (Lipinski definition) is 1. The average molecular weight is 288 g/mol. The van der Waals surface area contributed by atoms with Gasteiger partial charge >= 0.3 is 0 Å². The van der Waals surface area contributed by atoms with Crippen LogP contribution in [0.25, 0.3) is 0 Å². The quantitative estimate of drug-likeness (QED) is 0.804. The Morgan fingerprint density at radius 3 is 2.75 bits per heavy atom. The van der Waals surface area contributed by atoms with E-state index in [2.05, 4.69) is 25.7 Å². The first kappa shape index (κ1) is 15.0. The Kier molecular flexibility index (Phi) is 5.11. The minimum atomic E-state index is 0.114. The van der Waals surface area contributed by atoms with Crippen molar-refractivity contribution in [3.8, 4) is 11.8 Å². The summed E-state index contributed by atoms with van der Waals surface area (Å²) in [7, 11) is 0. The number of nitrogens with zero attached hydrogens (tertiary/aromatic N) is 1. The van der Waals surface area contributed by atoms with Crippen molar-refractivity contribution < 1.29 is 4.79 Å². The van der Waals surface area contributed by atoms with Crippen LogP contribution in [0.1, 0.15) is 29.8 Å². The molecule has 1 aromatic carbocycles. The van der Waals surface area contributed by atoms with Crippen molar-refractivity contribution in [3.63, 3.8) is 0 Å². The van der Waals surface area contributed by atoms with Crippen LogP contribution in [0.3, 0.4) is 0 Å². The van der Waals surface area contributed by atoms with E-state index in [1.165, 1.54) is 0 Å². The number of thioether (sulfide) groups is 1. The van der Waals surface area contributed by atoms with Gasteiger partial charge in [-0.3, -0.25) is 4.79 Å². The van der Waals surface area contributed by atoms with Gasteiger partial charge in [0.25, 0.3) is 5.91 Å². The molecule has 1 saturated heterocycles. The van der Waals surface area contributed by atoms with E-state index >= 15 is 0 Å². The van der Waals surface area contributed by atoms with Gasteiger partial charge in [0.2, 0.25) is 0 Å². The molecule has 4 heteroatoms. The summed E-state index contributed by atoms with van der Waals surface area (Å²) in [6.07, 6.45) is 0. The van der Waals surface area contributed by atoms with Gasteiger partial charge in [-0.1, -0.05) is 18.8 Å². The van der Waals surface area contributed by atoms with Crippen molar-refractivity contribution in [3.05, 3.63) is 35.4 Å². The fraction of sp³-hybridized carbons (Fsp3) is 0.438. The van der Waals surface area contributed by atoms with Crippen molar-refractivity contribution >= 4 is 17.7 Å². The maximum atomic E-state index is 12.5. The van der Waals surface area contributed by atoms with Gasteiger partial charge in [-0.05, 0) is 31.2 Å². The first-order chi connectivity index (χ1) is 9.63. The molecule has 0 bridgehead atoms. The molecule has 1 aliphatic heterocycles. The zero-order valence-corrected chi connectivity index (χ0v) is 12.7. The van der Waals surface area contributed by atoms with Crippen LogP contribution in [0.4, 0.5) is 0 Å².